The number of hydrogen-bond acceptors (Lipinski definition) is 3. The van der Waals surface area contributed by atoms with Gasteiger partial charge < -0.3 is 9.64 Å². The van der Waals surface area contributed by atoms with Gasteiger partial charge in [0.05, 0.1) is 24.7 Å². The molecular weight excluding hydrogens is 287 g/mol. The molecule has 0 radical (unpaired) electrons. The van der Waals surface area contributed by atoms with E-state index in [1.807, 2.05) is 0 Å². The number of alkyl carbamates (subject to hydrolysis) is 1. The van der Waals surface area contributed by atoms with Crippen LogP contribution in [0.2, 0.25) is 5.02 Å². The fraction of sp³-hybridized carbons (Fsp3) is 0.385. The molecule has 0 aliphatic carbocycles. The van der Waals surface area contributed by atoms with Gasteiger partial charge in [0.25, 0.3) is 5.91 Å². The number of hydrogen-bond donors (Lipinski definition) is 2. The largest absolute Gasteiger partial charge is 0.453 e. The molecule has 7 heteroatoms. The fourth-order valence-corrected chi connectivity index (χ4v) is 1.85. The van der Waals surface area contributed by atoms with E-state index in [0.717, 1.165) is 0 Å². The Morgan fingerprint density at radius 3 is 2.70 bits per heavy atom. The molecule has 2 amide bonds. The Hall–Kier alpha value is -1.66. The lowest BCUT2D eigenvalue weighted by Gasteiger charge is -2.21. The van der Waals surface area contributed by atoms with E-state index in [1.165, 1.54) is 19.2 Å². The maximum Gasteiger partial charge on any atom is 0.413 e. The van der Waals surface area contributed by atoms with Gasteiger partial charge in [0, 0.05) is 0 Å². The highest BCUT2D eigenvalue weighted by Crippen LogP contribution is 2.17. The highest BCUT2D eigenvalue weighted by molar-refractivity contribution is 6.31. The molecule has 0 spiro atoms. The molecule has 2 N–H and O–H groups in total. The Bertz CT molecular complexity index is 490. The number of nitrogens with one attached hydrogen (secondary N) is 2. The van der Waals surface area contributed by atoms with Crippen LogP contribution in [0.3, 0.4) is 0 Å². The Morgan fingerprint density at radius 1 is 1.50 bits per heavy atom. The van der Waals surface area contributed by atoms with Crippen molar-refractivity contribution in [3.05, 3.63) is 34.6 Å². The molecule has 0 fully saturated rings. The van der Waals surface area contributed by atoms with Crippen LogP contribution in [-0.4, -0.2) is 32.2 Å². The molecule has 0 saturated heterocycles. The second-order valence-electron chi connectivity index (χ2n) is 4.43. The number of rotatable bonds is 4. The van der Waals surface area contributed by atoms with Crippen LogP contribution in [0.15, 0.2) is 18.2 Å². The van der Waals surface area contributed by atoms with Gasteiger partial charge in [-0.05, 0) is 19.1 Å². The number of halogens is 2. The number of benzene rings is 1. The predicted octanol–water partition coefficient (Wildman–Crippen LogP) is 0.765. The van der Waals surface area contributed by atoms with Gasteiger partial charge in [0.1, 0.15) is 12.4 Å². The first-order chi connectivity index (χ1) is 9.36. The van der Waals surface area contributed by atoms with Crippen molar-refractivity contribution in [2.24, 2.45) is 0 Å². The van der Waals surface area contributed by atoms with Crippen molar-refractivity contribution >= 4 is 23.6 Å². The van der Waals surface area contributed by atoms with Crippen LogP contribution in [-0.2, 0) is 16.1 Å². The van der Waals surface area contributed by atoms with Crippen LogP contribution < -0.4 is 10.2 Å². The van der Waals surface area contributed by atoms with Gasteiger partial charge in [-0.2, -0.15) is 0 Å². The number of carbonyl (C=O) groups is 2. The lowest BCUT2D eigenvalue weighted by atomic mass is 10.1. The molecule has 110 valence electrons. The van der Waals surface area contributed by atoms with Crippen LogP contribution in [0, 0.1) is 5.82 Å². The molecule has 0 aromatic heterocycles. The van der Waals surface area contributed by atoms with E-state index in [-0.39, 0.29) is 6.54 Å². The van der Waals surface area contributed by atoms with Crippen LogP contribution in [0.4, 0.5) is 9.18 Å². The Balaban J connectivity index is 2.73. The first kappa shape index (κ1) is 16.4. The van der Waals surface area contributed by atoms with E-state index in [0.29, 0.717) is 15.5 Å². The summed E-state index contributed by atoms with van der Waals surface area (Å²) >= 11 is 5.94. The zero-order chi connectivity index (χ0) is 15.3. The maximum absolute atomic E-state index is 13.7. The third kappa shape index (κ3) is 4.18. The zero-order valence-corrected chi connectivity index (χ0v) is 12.3. The minimum absolute atomic E-state index is 0.223. The zero-order valence-electron chi connectivity index (χ0n) is 11.5. The molecule has 0 saturated carbocycles. The predicted molar refractivity (Wildman–Crippen MR) is 72.0 cm³/mol. The summed E-state index contributed by atoms with van der Waals surface area (Å²) in [5, 5.41) is 2.39. The quantitative estimate of drug-likeness (QED) is 0.863. The molecule has 2 atom stereocenters. The van der Waals surface area contributed by atoms with E-state index in [9.17, 15) is 14.0 Å². The molecule has 0 aliphatic rings. The number of amides is 2. The van der Waals surface area contributed by atoms with Crippen molar-refractivity contribution < 1.29 is 23.6 Å². The van der Waals surface area contributed by atoms with E-state index in [4.69, 9.17) is 11.6 Å². The molecule has 20 heavy (non-hydrogen) atoms. The molecule has 1 aromatic carbocycles. The average molecular weight is 304 g/mol. The van der Waals surface area contributed by atoms with E-state index in [2.05, 4.69) is 10.1 Å². The third-order valence-corrected chi connectivity index (χ3v) is 3.41. The minimum Gasteiger partial charge on any atom is -0.453 e. The van der Waals surface area contributed by atoms with Crippen molar-refractivity contribution in [2.75, 3.05) is 14.2 Å². The summed E-state index contributed by atoms with van der Waals surface area (Å²) in [7, 11) is 2.88. The summed E-state index contributed by atoms with van der Waals surface area (Å²) < 4.78 is 18.0. The van der Waals surface area contributed by atoms with Crippen LogP contribution >= 0.6 is 11.6 Å². The summed E-state index contributed by atoms with van der Waals surface area (Å²) in [6, 6.07) is 3.86. The molecule has 0 aliphatic heterocycles. The normalized spacial score (nSPS) is 13.4. The summed E-state index contributed by atoms with van der Waals surface area (Å²) in [6.07, 6.45) is -0.821. The Morgan fingerprint density at radius 2 is 2.15 bits per heavy atom. The summed E-state index contributed by atoms with van der Waals surface area (Å²) in [6.45, 7) is 1.85. The number of methoxy groups -OCH3 is 1. The summed E-state index contributed by atoms with van der Waals surface area (Å²) in [5.74, 6) is -0.917. The van der Waals surface area contributed by atoms with Crippen molar-refractivity contribution in [2.45, 2.75) is 19.5 Å². The van der Waals surface area contributed by atoms with Crippen molar-refractivity contribution in [3.8, 4) is 0 Å². The molecule has 1 aromatic rings. The number of likely N-dealkylation sites (N-methyl/N-ethyl adjacent to an activating group) is 1. The van der Waals surface area contributed by atoms with Gasteiger partial charge >= 0.3 is 6.09 Å². The van der Waals surface area contributed by atoms with Crippen LogP contribution in [0.1, 0.15) is 12.5 Å². The lowest BCUT2D eigenvalue weighted by Crippen LogP contribution is -3.12. The molecule has 0 bridgehead atoms. The standard InChI is InChI=1S/C13H16ClFN2O3/c1-8(12(18)16-13(19)20-3)17(2)7-9-10(14)5-4-6-11(9)15/h4-6,8H,7H2,1-3H3,(H,16,18,19)/p+1/t8-/m1/s1. The van der Waals surface area contributed by atoms with E-state index < -0.39 is 23.9 Å². The lowest BCUT2D eigenvalue weighted by molar-refractivity contribution is -0.908. The molecule has 1 rings (SSSR count). The van der Waals surface area contributed by atoms with Crippen LogP contribution in [0.5, 0.6) is 0 Å². The second-order valence-corrected chi connectivity index (χ2v) is 4.83. The number of quaternary nitrogens is 1. The second kappa shape index (κ2) is 7.21. The Labute approximate surface area is 121 Å². The van der Waals surface area contributed by atoms with E-state index >= 15 is 0 Å². The third-order valence-electron chi connectivity index (χ3n) is 3.06. The topological polar surface area (TPSA) is 59.8 Å². The van der Waals surface area contributed by atoms with Gasteiger partial charge in [0.2, 0.25) is 0 Å². The van der Waals surface area contributed by atoms with E-state index in [1.54, 1.807) is 20.0 Å². The molecule has 1 unspecified atom stereocenters. The number of carbonyl (C=O) groups excluding carboxylic acids is 2. The first-order valence-electron chi connectivity index (χ1n) is 6.00. The van der Waals surface area contributed by atoms with Gasteiger partial charge in [0.15, 0.2) is 6.04 Å². The van der Waals surface area contributed by atoms with Gasteiger partial charge in [-0.1, -0.05) is 17.7 Å². The van der Waals surface area contributed by atoms with Gasteiger partial charge in [-0.15, -0.1) is 0 Å². The van der Waals surface area contributed by atoms with Crippen molar-refractivity contribution in [1.82, 2.24) is 5.32 Å². The van der Waals surface area contributed by atoms with Crippen molar-refractivity contribution in [3.63, 3.8) is 0 Å². The minimum atomic E-state index is -0.821. The van der Waals surface area contributed by atoms with Gasteiger partial charge in [-0.3, -0.25) is 10.1 Å². The number of ether oxygens (including phenoxy) is 1. The molecule has 0 heterocycles. The first-order valence-corrected chi connectivity index (χ1v) is 6.38. The Kier molecular flexibility index (Phi) is 5.91. The maximum atomic E-state index is 13.7. The van der Waals surface area contributed by atoms with Gasteiger partial charge in [-0.25, -0.2) is 9.18 Å². The fourth-order valence-electron chi connectivity index (χ4n) is 1.62. The molecular formula is C13H17ClFN2O3+. The summed E-state index contributed by atoms with van der Waals surface area (Å²) in [4.78, 5) is 23.4. The highest BCUT2D eigenvalue weighted by atomic mass is 35.5. The van der Waals surface area contributed by atoms with Crippen LogP contribution in [0.25, 0.3) is 0 Å². The smallest absolute Gasteiger partial charge is 0.413 e. The highest BCUT2D eigenvalue weighted by Gasteiger charge is 2.25. The monoisotopic (exact) mass is 303 g/mol. The molecule has 5 nitrogen and oxygen atoms in total. The van der Waals surface area contributed by atoms with Crippen molar-refractivity contribution in [1.29, 1.82) is 0 Å². The SMILES string of the molecule is COC(=O)NC(=O)[C@@H](C)[NH+](C)Cc1c(F)cccc1Cl. The number of imide groups is 1. The average Bonchev–Trinajstić information content (AvgIpc) is 2.41. The summed E-state index contributed by atoms with van der Waals surface area (Å²) in [5.41, 5.74) is 0.337.